The fourth-order valence-corrected chi connectivity index (χ4v) is 2.04. The predicted molar refractivity (Wildman–Crippen MR) is 62.6 cm³/mol. The van der Waals surface area contributed by atoms with Gasteiger partial charge in [-0.15, -0.1) is 0 Å². The van der Waals surface area contributed by atoms with Crippen LogP contribution >= 0.6 is 12.2 Å². The van der Waals surface area contributed by atoms with Gasteiger partial charge in [-0.25, -0.2) is 0 Å². The molecule has 2 nitrogen and oxygen atoms in total. The van der Waals surface area contributed by atoms with Gasteiger partial charge < -0.3 is 8.98 Å². The highest BCUT2D eigenvalue weighted by Gasteiger charge is 2.02. The molecule has 0 unspecified atom stereocenters. The number of nitrogens with zero attached hydrogens (tertiary/aromatic N) is 1. The van der Waals surface area contributed by atoms with Gasteiger partial charge in [-0.3, -0.25) is 0 Å². The van der Waals surface area contributed by atoms with Crippen LogP contribution in [-0.2, 0) is 6.54 Å². The smallest absolute Gasteiger partial charge is 0.123 e. The van der Waals surface area contributed by atoms with E-state index in [4.69, 9.17) is 16.6 Å². The second-order valence-corrected chi connectivity index (χ2v) is 4.11. The Hall–Kier alpha value is -1.35. The van der Waals surface area contributed by atoms with E-state index >= 15 is 0 Å². The molecule has 0 aliphatic heterocycles. The Morgan fingerprint density at radius 1 is 1.27 bits per heavy atom. The van der Waals surface area contributed by atoms with Gasteiger partial charge in [0.05, 0.1) is 12.8 Å². The molecule has 2 heterocycles. The van der Waals surface area contributed by atoms with Crippen LogP contribution in [0.1, 0.15) is 17.1 Å². The molecule has 15 heavy (non-hydrogen) atoms. The Morgan fingerprint density at radius 2 is 1.93 bits per heavy atom. The molecular weight excluding hydrogens is 206 g/mol. The summed E-state index contributed by atoms with van der Waals surface area (Å²) in [5, 5.41) is 0. The van der Waals surface area contributed by atoms with Gasteiger partial charge in [0.15, 0.2) is 0 Å². The van der Waals surface area contributed by atoms with E-state index in [2.05, 4.69) is 18.4 Å². The maximum atomic E-state index is 5.33. The molecule has 3 heteroatoms. The van der Waals surface area contributed by atoms with Crippen molar-refractivity contribution in [3.05, 3.63) is 52.2 Å². The second kappa shape index (κ2) is 4.03. The number of furan rings is 1. The standard InChI is InChI=1S/C12H13NOS/c1-9-6-12(15)7-10(2)13(9)8-11-4-3-5-14-11/h3-7H,8H2,1-2H3. The summed E-state index contributed by atoms with van der Waals surface area (Å²) in [7, 11) is 0. The Morgan fingerprint density at radius 3 is 2.47 bits per heavy atom. The van der Waals surface area contributed by atoms with E-state index in [-0.39, 0.29) is 0 Å². The topological polar surface area (TPSA) is 18.1 Å². The van der Waals surface area contributed by atoms with Crippen LogP contribution in [0, 0.1) is 18.4 Å². The van der Waals surface area contributed by atoms with Crippen molar-refractivity contribution < 1.29 is 4.42 Å². The Kier molecular flexibility index (Phi) is 2.73. The molecule has 2 aromatic rings. The molecule has 0 aliphatic rings. The van der Waals surface area contributed by atoms with Gasteiger partial charge in [-0.2, -0.15) is 0 Å². The van der Waals surface area contributed by atoms with Crippen LogP contribution in [0.15, 0.2) is 34.9 Å². The summed E-state index contributed by atoms with van der Waals surface area (Å²) < 4.78 is 8.41. The van der Waals surface area contributed by atoms with Gasteiger partial charge in [0.1, 0.15) is 5.76 Å². The van der Waals surface area contributed by atoms with Crippen molar-refractivity contribution in [3.8, 4) is 0 Å². The number of aryl methyl sites for hydroxylation is 2. The van der Waals surface area contributed by atoms with Crippen molar-refractivity contribution in [2.45, 2.75) is 20.4 Å². The molecule has 0 aromatic carbocycles. The summed E-state index contributed by atoms with van der Waals surface area (Å²) in [6.45, 7) is 4.89. The van der Waals surface area contributed by atoms with Gasteiger partial charge in [-0.05, 0) is 38.1 Å². The molecule has 2 rings (SSSR count). The Bertz CT molecular complexity index is 485. The number of pyridine rings is 1. The van der Waals surface area contributed by atoms with Crippen LogP contribution in [0.5, 0.6) is 0 Å². The number of hydrogen-bond acceptors (Lipinski definition) is 2. The first-order valence-corrected chi connectivity index (χ1v) is 5.28. The highest BCUT2D eigenvalue weighted by Crippen LogP contribution is 2.11. The first-order chi connectivity index (χ1) is 7.16. The minimum absolute atomic E-state index is 0.764. The first-order valence-electron chi connectivity index (χ1n) is 4.87. The fraction of sp³-hybridized carbons (Fsp3) is 0.250. The molecule has 0 saturated carbocycles. The van der Waals surface area contributed by atoms with Crippen LogP contribution in [-0.4, -0.2) is 4.57 Å². The third kappa shape index (κ3) is 2.18. The van der Waals surface area contributed by atoms with E-state index in [1.54, 1.807) is 6.26 Å². The minimum atomic E-state index is 0.764. The van der Waals surface area contributed by atoms with Crippen molar-refractivity contribution in [1.82, 2.24) is 4.57 Å². The van der Waals surface area contributed by atoms with Crippen molar-refractivity contribution in [1.29, 1.82) is 0 Å². The molecule has 0 fully saturated rings. The molecule has 78 valence electrons. The van der Waals surface area contributed by atoms with Crippen LogP contribution in [0.4, 0.5) is 0 Å². The van der Waals surface area contributed by atoms with Crippen LogP contribution in [0.2, 0.25) is 0 Å². The average molecular weight is 219 g/mol. The predicted octanol–water partition coefficient (Wildman–Crippen LogP) is 3.48. The summed E-state index contributed by atoms with van der Waals surface area (Å²) in [6.07, 6.45) is 1.70. The number of hydrogen-bond donors (Lipinski definition) is 0. The summed E-state index contributed by atoms with van der Waals surface area (Å²) in [6, 6.07) is 7.89. The SMILES string of the molecule is Cc1cc(=S)cc(C)n1Cc1ccco1. The Labute approximate surface area is 94.2 Å². The third-order valence-corrected chi connectivity index (χ3v) is 2.68. The van der Waals surface area contributed by atoms with Gasteiger partial charge in [-0.1, -0.05) is 12.2 Å². The maximum Gasteiger partial charge on any atom is 0.123 e. The lowest BCUT2D eigenvalue weighted by Crippen LogP contribution is -2.07. The average Bonchev–Trinajstić information content (AvgIpc) is 2.63. The first kappa shape index (κ1) is 10.2. The minimum Gasteiger partial charge on any atom is -0.467 e. The van der Waals surface area contributed by atoms with Gasteiger partial charge in [0.2, 0.25) is 0 Å². The molecule has 0 spiro atoms. The lowest BCUT2D eigenvalue weighted by molar-refractivity contribution is 0.487. The second-order valence-electron chi connectivity index (χ2n) is 3.64. The lowest BCUT2D eigenvalue weighted by Gasteiger charge is -2.12. The molecule has 0 atom stereocenters. The molecule has 0 saturated heterocycles. The van der Waals surface area contributed by atoms with Gasteiger partial charge >= 0.3 is 0 Å². The summed E-state index contributed by atoms with van der Waals surface area (Å²) in [5.41, 5.74) is 2.33. The van der Waals surface area contributed by atoms with Crippen molar-refractivity contribution >= 4 is 12.2 Å². The molecular formula is C12H13NOS. The largest absolute Gasteiger partial charge is 0.467 e. The van der Waals surface area contributed by atoms with Gasteiger partial charge in [0.25, 0.3) is 0 Å². The zero-order valence-corrected chi connectivity index (χ0v) is 9.67. The lowest BCUT2D eigenvalue weighted by atomic mass is 10.3. The van der Waals surface area contributed by atoms with Crippen LogP contribution in [0.3, 0.4) is 0 Å². The van der Waals surface area contributed by atoms with Crippen LogP contribution in [0.25, 0.3) is 0 Å². The summed E-state index contributed by atoms with van der Waals surface area (Å²) in [4.78, 5) is 0. The van der Waals surface area contributed by atoms with Crippen molar-refractivity contribution in [2.75, 3.05) is 0 Å². The molecule has 0 amide bonds. The van der Waals surface area contributed by atoms with E-state index in [1.807, 2.05) is 24.3 Å². The molecule has 0 N–H and O–H groups in total. The van der Waals surface area contributed by atoms with Crippen LogP contribution < -0.4 is 0 Å². The third-order valence-electron chi connectivity index (χ3n) is 2.45. The molecule has 0 radical (unpaired) electrons. The highest BCUT2D eigenvalue weighted by molar-refractivity contribution is 7.71. The van der Waals surface area contributed by atoms with E-state index in [9.17, 15) is 0 Å². The summed E-state index contributed by atoms with van der Waals surface area (Å²) in [5.74, 6) is 0.961. The van der Waals surface area contributed by atoms with E-state index in [0.717, 1.165) is 28.2 Å². The van der Waals surface area contributed by atoms with Gasteiger partial charge in [0, 0.05) is 15.9 Å². The Balaban J connectivity index is 2.41. The number of aromatic nitrogens is 1. The van der Waals surface area contributed by atoms with E-state index in [0.29, 0.717) is 0 Å². The normalized spacial score (nSPS) is 10.5. The monoisotopic (exact) mass is 219 g/mol. The quantitative estimate of drug-likeness (QED) is 0.720. The number of rotatable bonds is 2. The van der Waals surface area contributed by atoms with E-state index in [1.165, 1.54) is 0 Å². The fourth-order valence-electron chi connectivity index (χ4n) is 1.70. The maximum absolute atomic E-state index is 5.33. The zero-order valence-electron chi connectivity index (χ0n) is 8.86. The van der Waals surface area contributed by atoms with E-state index < -0.39 is 0 Å². The zero-order chi connectivity index (χ0) is 10.8. The molecule has 0 aliphatic carbocycles. The summed E-state index contributed by atoms with van der Waals surface area (Å²) >= 11 is 5.16. The van der Waals surface area contributed by atoms with Crippen molar-refractivity contribution in [3.63, 3.8) is 0 Å². The van der Waals surface area contributed by atoms with Crippen molar-refractivity contribution in [2.24, 2.45) is 0 Å². The molecule has 2 aromatic heterocycles. The highest BCUT2D eigenvalue weighted by atomic mass is 32.1. The molecule has 0 bridgehead atoms.